The zero-order chi connectivity index (χ0) is 16.2. The Hall–Kier alpha value is -1.78. The van der Waals surface area contributed by atoms with Gasteiger partial charge in [-0.05, 0) is 43.5 Å². The minimum Gasteiger partial charge on any atom is -0.298 e. The monoisotopic (exact) mass is 322 g/mol. The molecule has 2 aromatic rings. The Morgan fingerprint density at radius 3 is 2.50 bits per heavy atom. The lowest BCUT2D eigenvalue weighted by Gasteiger charge is -2.31. The van der Waals surface area contributed by atoms with Crippen molar-refractivity contribution < 1.29 is 0 Å². The van der Waals surface area contributed by atoms with Gasteiger partial charge in [-0.2, -0.15) is 0 Å². The van der Waals surface area contributed by atoms with Crippen molar-refractivity contribution in [2.24, 2.45) is 0 Å². The van der Waals surface area contributed by atoms with Gasteiger partial charge in [0.15, 0.2) is 0 Å². The Kier molecular flexibility index (Phi) is 4.86. The fraction of sp³-hybridized carbons (Fsp3) is 0.500. The highest BCUT2D eigenvalue weighted by Crippen LogP contribution is 2.22. The Morgan fingerprint density at radius 2 is 1.67 bits per heavy atom. The average Bonchev–Trinajstić information content (AvgIpc) is 2.63. The van der Waals surface area contributed by atoms with E-state index in [0.717, 1.165) is 32.6 Å². The zero-order valence-corrected chi connectivity index (χ0v) is 14.3. The normalized spacial score (nSPS) is 19.2. The lowest BCUT2D eigenvalue weighted by Crippen LogP contribution is -2.34. The van der Waals surface area contributed by atoms with E-state index < -0.39 is 0 Å². The molecule has 0 saturated carbocycles. The fourth-order valence-corrected chi connectivity index (χ4v) is 3.92. The third-order valence-corrected chi connectivity index (χ3v) is 5.25. The highest BCUT2D eigenvalue weighted by molar-refractivity contribution is 5.27. The Labute approximate surface area is 144 Å². The quantitative estimate of drug-likeness (QED) is 0.866. The van der Waals surface area contributed by atoms with Crippen LogP contribution in [0.3, 0.4) is 0 Å². The third-order valence-electron chi connectivity index (χ3n) is 5.25. The van der Waals surface area contributed by atoms with Crippen molar-refractivity contribution in [1.82, 2.24) is 19.8 Å². The van der Waals surface area contributed by atoms with Gasteiger partial charge in [-0.1, -0.05) is 36.8 Å². The number of rotatable bonds is 4. The molecule has 0 atom stereocenters. The number of likely N-dealkylation sites (tertiary alicyclic amines) is 1. The van der Waals surface area contributed by atoms with Gasteiger partial charge in [-0.15, -0.1) is 0 Å². The van der Waals surface area contributed by atoms with Gasteiger partial charge >= 0.3 is 0 Å². The van der Waals surface area contributed by atoms with Crippen molar-refractivity contribution in [2.75, 3.05) is 19.6 Å². The summed E-state index contributed by atoms with van der Waals surface area (Å²) in [6, 6.07) is 10.7. The molecule has 4 nitrogen and oxygen atoms in total. The second-order valence-corrected chi connectivity index (χ2v) is 7.03. The predicted molar refractivity (Wildman–Crippen MR) is 95.4 cm³/mol. The second kappa shape index (κ2) is 7.41. The molecule has 2 aliphatic rings. The number of nitrogens with zero attached hydrogens (tertiary/aromatic N) is 4. The molecule has 0 unspecified atom stereocenters. The second-order valence-electron chi connectivity index (χ2n) is 7.03. The van der Waals surface area contributed by atoms with Crippen LogP contribution in [-0.4, -0.2) is 39.4 Å². The van der Waals surface area contributed by atoms with E-state index in [1.54, 1.807) is 6.33 Å². The molecule has 24 heavy (non-hydrogen) atoms. The van der Waals surface area contributed by atoms with Crippen LogP contribution in [0.5, 0.6) is 0 Å². The summed E-state index contributed by atoms with van der Waals surface area (Å²) in [5.41, 5.74) is 5.29. The maximum atomic E-state index is 4.62. The molecule has 0 amide bonds. The number of aromatic nitrogens is 2. The highest BCUT2D eigenvalue weighted by atomic mass is 15.2. The van der Waals surface area contributed by atoms with Crippen molar-refractivity contribution >= 4 is 0 Å². The standard InChI is InChI=1S/C20H26N4/c1-3-7-17(8-4-1)13-24-12-9-18-19(21-16-22-20(18)15-24)14-23-10-5-2-6-11-23/h1,3-4,7-8,16H,2,5-6,9-15H2. The number of piperidine rings is 1. The van der Waals surface area contributed by atoms with Crippen LogP contribution in [0.2, 0.25) is 0 Å². The molecule has 1 saturated heterocycles. The van der Waals surface area contributed by atoms with E-state index in [1.165, 1.54) is 54.9 Å². The molecule has 3 heterocycles. The smallest absolute Gasteiger partial charge is 0.116 e. The van der Waals surface area contributed by atoms with Crippen LogP contribution < -0.4 is 0 Å². The molecule has 1 aromatic heterocycles. The van der Waals surface area contributed by atoms with Crippen LogP contribution in [0.4, 0.5) is 0 Å². The molecule has 4 rings (SSSR count). The first-order valence-electron chi connectivity index (χ1n) is 9.19. The Balaban J connectivity index is 1.45. The number of hydrogen-bond acceptors (Lipinski definition) is 4. The number of benzene rings is 1. The average molecular weight is 322 g/mol. The summed E-state index contributed by atoms with van der Waals surface area (Å²) in [5.74, 6) is 0. The van der Waals surface area contributed by atoms with Crippen LogP contribution >= 0.6 is 0 Å². The molecule has 1 fully saturated rings. The van der Waals surface area contributed by atoms with Crippen molar-refractivity contribution in [3.63, 3.8) is 0 Å². The summed E-state index contributed by atoms with van der Waals surface area (Å²) in [4.78, 5) is 14.3. The van der Waals surface area contributed by atoms with Crippen molar-refractivity contribution in [2.45, 2.75) is 45.3 Å². The minimum atomic E-state index is 0.944. The molecule has 126 valence electrons. The topological polar surface area (TPSA) is 32.3 Å². The highest BCUT2D eigenvalue weighted by Gasteiger charge is 2.22. The van der Waals surface area contributed by atoms with Gasteiger partial charge in [0.25, 0.3) is 0 Å². The van der Waals surface area contributed by atoms with Gasteiger partial charge < -0.3 is 0 Å². The summed E-state index contributed by atoms with van der Waals surface area (Å²) < 4.78 is 0. The third kappa shape index (κ3) is 3.65. The van der Waals surface area contributed by atoms with Gasteiger partial charge in [0.1, 0.15) is 6.33 Å². The molecule has 0 aliphatic carbocycles. The minimum absolute atomic E-state index is 0.944. The van der Waals surface area contributed by atoms with E-state index >= 15 is 0 Å². The molecule has 0 radical (unpaired) electrons. The van der Waals surface area contributed by atoms with Gasteiger partial charge in [-0.25, -0.2) is 9.97 Å². The zero-order valence-electron chi connectivity index (χ0n) is 14.3. The number of fused-ring (bicyclic) bond motifs is 1. The van der Waals surface area contributed by atoms with E-state index in [-0.39, 0.29) is 0 Å². The molecule has 0 N–H and O–H groups in total. The molecule has 1 aromatic carbocycles. The van der Waals surface area contributed by atoms with Crippen LogP contribution in [0.15, 0.2) is 36.7 Å². The maximum Gasteiger partial charge on any atom is 0.116 e. The summed E-state index contributed by atoms with van der Waals surface area (Å²) in [7, 11) is 0. The largest absolute Gasteiger partial charge is 0.298 e. The summed E-state index contributed by atoms with van der Waals surface area (Å²) >= 11 is 0. The van der Waals surface area contributed by atoms with Gasteiger partial charge in [0.05, 0.1) is 11.4 Å². The van der Waals surface area contributed by atoms with E-state index in [0.29, 0.717) is 0 Å². The van der Waals surface area contributed by atoms with Crippen molar-refractivity contribution in [3.05, 3.63) is 59.2 Å². The Morgan fingerprint density at radius 1 is 0.833 bits per heavy atom. The molecule has 4 heteroatoms. The molecular weight excluding hydrogens is 296 g/mol. The first-order valence-corrected chi connectivity index (χ1v) is 9.19. The van der Waals surface area contributed by atoms with Crippen LogP contribution in [-0.2, 0) is 26.1 Å². The fourth-order valence-electron chi connectivity index (χ4n) is 3.92. The van der Waals surface area contributed by atoms with Crippen LogP contribution in [0.1, 0.15) is 41.8 Å². The summed E-state index contributed by atoms with van der Waals surface area (Å²) in [6.07, 6.45) is 6.89. The Bertz CT molecular complexity index is 665. The lowest BCUT2D eigenvalue weighted by molar-refractivity contribution is 0.213. The van der Waals surface area contributed by atoms with Crippen LogP contribution in [0.25, 0.3) is 0 Å². The van der Waals surface area contributed by atoms with Gasteiger partial charge in [0, 0.05) is 26.2 Å². The van der Waals surface area contributed by atoms with Gasteiger partial charge in [0.2, 0.25) is 0 Å². The van der Waals surface area contributed by atoms with Gasteiger partial charge in [-0.3, -0.25) is 9.80 Å². The summed E-state index contributed by atoms with van der Waals surface area (Å²) in [5, 5.41) is 0. The predicted octanol–water partition coefficient (Wildman–Crippen LogP) is 3.02. The van der Waals surface area contributed by atoms with Crippen LogP contribution in [0, 0.1) is 0 Å². The SMILES string of the molecule is c1ccc(CN2CCc3c(CN4CCCCC4)ncnc3C2)cc1. The van der Waals surface area contributed by atoms with Crippen molar-refractivity contribution in [3.8, 4) is 0 Å². The van der Waals surface area contributed by atoms with E-state index in [4.69, 9.17) is 0 Å². The first-order chi connectivity index (χ1) is 11.9. The summed E-state index contributed by atoms with van der Waals surface area (Å²) in [6.45, 7) is 6.50. The molecule has 0 spiro atoms. The van der Waals surface area contributed by atoms with E-state index in [2.05, 4.69) is 50.1 Å². The molecule has 2 aliphatic heterocycles. The lowest BCUT2D eigenvalue weighted by atomic mass is 10.0. The number of hydrogen-bond donors (Lipinski definition) is 0. The van der Waals surface area contributed by atoms with Crippen molar-refractivity contribution in [1.29, 1.82) is 0 Å². The molecule has 0 bridgehead atoms. The van der Waals surface area contributed by atoms with E-state index in [9.17, 15) is 0 Å². The van der Waals surface area contributed by atoms with E-state index in [1.807, 2.05) is 0 Å². The maximum absolute atomic E-state index is 4.62. The first kappa shape index (κ1) is 15.7. The molecular formula is C20H26N4.